The summed E-state index contributed by atoms with van der Waals surface area (Å²) >= 11 is 0. The Labute approximate surface area is 185 Å². The minimum atomic E-state index is -0.597. The van der Waals surface area contributed by atoms with Crippen molar-refractivity contribution in [3.8, 4) is 5.88 Å². The third-order valence-corrected chi connectivity index (χ3v) is 5.54. The number of aromatic nitrogens is 3. The van der Waals surface area contributed by atoms with Crippen LogP contribution in [0.4, 0.5) is 0 Å². The molecule has 1 saturated heterocycles. The molecule has 3 heterocycles. The van der Waals surface area contributed by atoms with E-state index in [-0.39, 0.29) is 23.4 Å². The third-order valence-electron chi connectivity index (χ3n) is 5.54. The van der Waals surface area contributed by atoms with E-state index in [1.165, 1.54) is 21.4 Å². The standard InChI is InChI=1S/C22H29N5O5/c1-14(2)13-26-20-15(4-7-17(28)25-8-3-10-32-11-9-25)12-23-27(20)22(31)18(21(26)30)19(29)24-16-5-6-16/h4,7,12,14,16,31H,3,5-6,8-11,13H2,1-2H3,(H,24,29)/b7-4+. The number of aromatic hydroxyl groups is 1. The average molecular weight is 444 g/mol. The smallest absolute Gasteiger partial charge is 0.270 e. The summed E-state index contributed by atoms with van der Waals surface area (Å²) < 4.78 is 8.03. The lowest BCUT2D eigenvalue weighted by Crippen LogP contribution is -2.36. The van der Waals surface area contributed by atoms with Crippen molar-refractivity contribution in [2.45, 2.75) is 45.7 Å². The van der Waals surface area contributed by atoms with E-state index >= 15 is 0 Å². The number of ether oxygens (including phenoxy) is 1. The predicted octanol–water partition coefficient (Wildman–Crippen LogP) is 1.01. The number of carbonyl (C=O) groups is 2. The van der Waals surface area contributed by atoms with Crippen molar-refractivity contribution in [2.24, 2.45) is 5.92 Å². The summed E-state index contributed by atoms with van der Waals surface area (Å²) in [6, 6.07) is 0.0436. The number of nitrogens with zero attached hydrogens (tertiary/aromatic N) is 4. The molecule has 2 N–H and O–H groups in total. The molecule has 2 amide bonds. The van der Waals surface area contributed by atoms with Gasteiger partial charge in [-0.05, 0) is 31.3 Å². The van der Waals surface area contributed by atoms with E-state index in [2.05, 4.69) is 10.4 Å². The summed E-state index contributed by atoms with van der Waals surface area (Å²) in [6.07, 6.45) is 7.02. The van der Waals surface area contributed by atoms with Crippen LogP contribution in [0.1, 0.15) is 49.0 Å². The number of hydrogen-bond acceptors (Lipinski definition) is 6. The first kappa shape index (κ1) is 22.1. The van der Waals surface area contributed by atoms with Gasteiger partial charge in [-0.25, -0.2) is 0 Å². The van der Waals surface area contributed by atoms with Crippen molar-refractivity contribution < 1.29 is 19.4 Å². The van der Waals surface area contributed by atoms with E-state index in [0.29, 0.717) is 44.1 Å². The molecular weight excluding hydrogens is 414 g/mol. The molecule has 0 atom stereocenters. The Morgan fingerprint density at radius 2 is 2.09 bits per heavy atom. The van der Waals surface area contributed by atoms with Gasteiger partial charge in [0.15, 0.2) is 5.56 Å². The molecule has 1 saturated carbocycles. The Bertz CT molecular complexity index is 1100. The second-order valence-corrected chi connectivity index (χ2v) is 8.72. The van der Waals surface area contributed by atoms with Gasteiger partial charge < -0.3 is 20.1 Å². The van der Waals surface area contributed by atoms with E-state index < -0.39 is 17.3 Å². The van der Waals surface area contributed by atoms with Crippen LogP contribution < -0.4 is 10.9 Å². The lowest BCUT2D eigenvalue weighted by molar-refractivity contribution is -0.126. The molecule has 4 rings (SSSR count). The van der Waals surface area contributed by atoms with E-state index in [1.807, 2.05) is 13.8 Å². The fourth-order valence-corrected chi connectivity index (χ4v) is 3.78. The zero-order valence-electron chi connectivity index (χ0n) is 18.4. The maximum absolute atomic E-state index is 13.2. The van der Waals surface area contributed by atoms with Crippen LogP contribution in [0.2, 0.25) is 0 Å². The first-order chi connectivity index (χ1) is 15.4. The molecule has 1 aliphatic carbocycles. The molecule has 0 aromatic carbocycles. The molecule has 10 nitrogen and oxygen atoms in total. The lowest BCUT2D eigenvalue weighted by Gasteiger charge is -2.17. The summed E-state index contributed by atoms with van der Waals surface area (Å²) in [5, 5.41) is 17.7. The Hall–Kier alpha value is -3.14. The van der Waals surface area contributed by atoms with E-state index in [1.54, 1.807) is 11.0 Å². The predicted molar refractivity (Wildman–Crippen MR) is 117 cm³/mol. The topological polar surface area (TPSA) is 118 Å². The number of hydrogen-bond donors (Lipinski definition) is 2. The van der Waals surface area contributed by atoms with Crippen molar-refractivity contribution in [2.75, 3.05) is 26.3 Å². The molecule has 0 bridgehead atoms. The van der Waals surface area contributed by atoms with Crippen LogP contribution in [0.5, 0.6) is 5.88 Å². The number of rotatable bonds is 6. The molecule has 0 spiro atoms. The van der Waals surface area contributed by atoms with Gasteiger partial charge >= 0.3 is 0 Å². The van der Waals surface area contributed by atoms with Crippen molar-refractivity contribution in [3.05, 3.63) is 33.8 Å². The highest BCUT2D eigenvalue weighted by Gasteiger charge is 2.29. The van der Waals surface area contributed by atoms with Gasteiger partial charge in [-0.3, -0.25) is 19.0 Å². The summed E-state index contributed by atoms with van der Waals surface area (Å²) in [4.78, 5) is 40.2. The van der Waals surface area contributed by atoms with Crippen LogP contribution in [0.3, 0.4) is 0 Å². The monoisotopic (exact) mass is 443 g/mol. The van der Waals surface area contributed by atoms with Gasteiger partial charge in [-0.15, -0.1) is 0 Å². The minimum Gasteiger partial charge on any atom is -0.492 e. The van der Waals surface area contributed by atoms with Crippen LogP contribution in [0, 0.1) is 5.92 Å². The molecule has 2 aliphatic rings. The molecule has 2 aromatic heterocycles. The molecule has 0 unspecified atom stereocenters. The molecule has 10 heteroatoms. The van der Waals surface area contributed by atoms with E-state index in [0.717, 1.165) is 19.3 Å². The van der Waals surface area contributed by atoms with Gasteiger partial charge in [-0.1, -0.05) is 13.8 Å². The van der Waals surface area contributed by atoms with Crippen LogP contribution in [-0.2, 0) is 16.1 Å². The second kappa shape index (κ2) is 9.15. The fraction of sp³-hybridized carbons (Fsp3) is 0.545. The number of carbonyl (C=O) groups excluding carboxylic acids is 2. The van der Waals surface area contributed by atoms with Crippen molar-refractivity contribution in [1.29, 1.82) is 0 Å². The number of amides is 2. The second-order valence-electron chi connectivity index (χ2n) is 8.72. The van der Waals surface area contributed by atoms with Crippen molar-refractivity contribution >= 4 is 23.5 Å². The van der Waals surface area contributed by atoms with Gasteiger partial charge in [0.05, 0.1) is 12.8 Å². The Morgan fingerprint density at radius 3 is 2.81 bits per heavy atom. The van der Waals surface area contributed by atoms with Gasteiger partial charge in [0.1, 0.15) is 5.65 Å². The first-order valence-corrected chi connectivity index (χ1v) is 11.1. The van der Waals surface area contributed by atoms with Crippen LogP contribution in [0.15, 0.2) is 17.1 Å². The first-order valence-electron chi connectivity index (χ1n) is 11.1. The Morgan fingerprint density at radius 1 is 1.31 bits per heavy atom. The highest BCUT2D eigenvalue weighted by Crippen LogP contribution is 2.23. The fourth-order valence-electron chi connectivity index (χ4n) is 3.78. The quantitative estimate of drug-likeness (QED) is 0.644. The van der Waals surface area contributed by atoms with Gasteiger partial charge in [0, 0.05) is 43.9 Å². The zero-order valence-corrected chi connectivity index (χ0v) is 18.4. The summed E-state index contributed by atoms with van der Waals surface area (Å²) in [5.74, 6) is -1.15. The highest BCUT2D eigenvalue weighted by atomic mass is 16.5. The summed E-state index contributed by atoms with van der Waals surface area (Å²) in [7, 11) is 0. The normalized spacial score (nSPS) is 17.3. The molecule has 2 fully saturated rings. The maximum atomic E-state index is 13.2. The Kier molecular flexibility index (Phi) is 6.31. The Balaban J connectivity index is 1.73. The molecule has 32 heavy (non-hydrogen) atoms. The van der Waals surface area contributed by atoms with Crippen molar-refractivity contribution in [1.82, 2.24) is 24.4 Å². The molecule has 1 aliphatic heterocycles. The van der Waals surface area contributed by atoms with Gasteiger partial charge in [0.25, 0.3) is 11.5 Å². The van der Waals surface area contributed by atoms with Gasteiger partial charge in [-0.2, -0.15) is 9.61 Å². The molecular formula is C22H29N5O5. The van der Waals surface area contributed by atoms with E-state index in [4.69, 9.17) is 4.74 Å². The SMILES string of the molecule is CC(C)Cn1c(=O)c(C(=O)NC2CC2)c(O)n2ncc(/C=C/C(=O)N3CCCOCC3)c12. The lowest BCUT2D eigenvalue weighted by atomic mass is 10.2. The minimum absolute atomic E-state index is 0.0436. The molecule has 2 aromatic rings. The van der Waals surface area contributed by atoms with Crippen LogP contribution >= 0.6 is 0 Å². The maximum Gasteiger partial charge on any atom is 0.270 e. The van der Waals surface area contributed by atoms with Crippen LogP contribution in [-0.4, -0.2) is 68.3 Å². The van der Waals surface area contributed by atoms with Crippen molar-refractivity contribution in [3.63, 3.8) is 0 Å². The summed E-state index contributed by atoms with van der Waals surface area (Å²) in [5.41, 5.74) is -0.0450. The zero-order chi connectivity index (χ0) is 22.8. The summed E-state index contributed by atoms with van der Waals surface area (Å²) in [6.45, 7) is 6.53. The molecule has 172 valence electrons. The number of fused-ring (bicyclic) bond motifs is 1. The third kappa shape index (κ3) is 4.55. The average Bonchev–Trinajstić information content (AvgIpc) is 3.51. The number of nitrogens with one attached hydrogen (secondary N) is 1. The molecule has 0 radical (unpaired) electrons. The van der Waals surface area contributed by atoms with Gasteiger partial charge in [0.2, 0.25) is 11.8 Å². The van der Waals surface area contributed by atoms with E-state index in [9.17, 15) is 19.5 Å². The largest absolute Gasteiger partial charge is 0.492 e. The highest BCUT2D eigenvalue weighted by molar-refractivity contribution is 5.97. The van der Waals surface area contributed by atoms with Crippen LogP contribution in [0.25, 0.3) is 11.7 Å².